The number of hydrogen-bond acceptors (Lipinski definition) is 5. The van der Waals surface area contributed by atoms with Crippen LogP contribution in [0.25, 0.3) is 0 Å². The number of nitrogens with zero attached hydrogens (tertiary/aromatic N) is 1. The highest BCUT2D eigenvalue weighted by molar-refractivity contribution is 7.89. The van der Waals surface area contributed by atoms with Crippen LogP contribution < -0.4 is 0 Å². The number of sulfonamides is 1. The first kappa shape index (κ1) is 17.1. The van der Waals surface area contributed by atoms with Crippen molar-refractivity contribution in [2.24, 2.45) is 5.41 Å². The van der Waals surface area contributed by atoms with E-state index >= 15 is 0 Å². The minimum Gasteiger partial charge on any atom is -0.465 e. The predicted molar refractivity (Wildman–Crippen MR) is 79.5 cm³/mol. The molecule has 0 saturated carbocycles. The Morgan fingerprint density at radius 1 is 1.40 bits per heavy atom. The molecule has 0 bridgehead atoms. The molecular weight excluding hydrogens is 298 g/mol. The van der Waals surface area contributed by atoms with E-state index in [1.165, 1.54) is 24.5 Å². The van der Waals surface area contributed by atoms with Gasteiger partial charge in [0.15, 0.2) is 0 Å². The second-order valence-corrected chi connectivity index (χ2v) is 8.55. The number of carbonyl (C=O) groups excluding carboxylic acids is 1. The molecule has 0 aliphatic carbocycles. The van der Waals surface area contributed by atoms with Crippen molar-refractivity contribution in [3.05, 3.63) is 16.3 Å². The lowest BCUT2D eigenvalue weighted by atomic mass is 9.88. The number of esters is 1. The molecule has 1 aromatic rings. The first-order valence-electron chi connectivity index (χ1n) is 6.17. The third-order valence-corrected chi connectivity index (χ3v) is 6.45. The summed E-state index contributed by atoms with van der Waals surface area (Å²) >= 11 is 1.07. The van der Waals surface area contributed by atoms with Gasteiger partial charge in [0.05, 0.1) is 7.11 Å². The maximum atomic E-state index is 12.6. The molecule has 1 atom stereocenters. The Morgan fingerprint density at radius 2 is 1.95 bits per heavy atom. The summed E-state index contributed by atoms with van der Waals surface area (Å²) in [7, 11) is -0.953. The van der Waals surface area contributed by atoms with Gasteiger partial charge in [-0.3, -0.25) is 0 Å². The Bertz CT molecular complexity index is 584. The lowest BCUT2D eigenvalue weighted by Gasteiger charge is -2.34. The van der Waals surface area contributed by atoms with Gasteiger partial charge in [0.2, 0.25) is 10.0 Å². The third-order valence-electron chi connectivity index (χ3n) is 3.46. The van der Waals surface area contributed by atoms with Gasteiger partial charge >= 0.3 is 5.97 Å². The summed E-state index contributed by atoms with van der Waals surface area (Å²) in [5, 5.41) is 1.58. The zero-order valence-corrected chi connectivity index (χ0v) is 14.3. The summed E-state index contributed by atoms with van der Waals surface area (Å²) < 4.78 is 31.2. The van der Waals surface area contributed by atoms with Crippen LogP contribution in [0, 0.1) is 5.41 Å². The summed E-state index contributed by atoms with van der Waals surface area (Å²) in [6.07, 6.45) is 0. The van der Waals surface area contributed by atoms with Crippen molar-refractivity contribution < 1.29 is 17.9 Å². The smallest absolute Gasteiger partial charge is 0.349 e. The van der Waals surface area contributed by atoms with E-state index in [0.29, 0.717) is 0 Å². The SMILES string of the molecule is COC(=O)c1sccc1S(=O)(=O)N(C)C(C)C(C)(C)C. The zero-order chi connectivity index (χ0) is 15.7. The van der Waals surface area contributed by atoms with Gasteiger partial charge in [-0.15, -0.1) is 11.3 Å². The third kappa shape index (κ3) is 3.21. The fourth-order valence-corrected chi connectivity index (χ4v) is 4.50. The second-order valence-electron chi connectivity index (χ2n) is 5.67. The molecule has 1 heterocycles. The summed E-state index contributed by atoms with van der Waals surface area (Å²) in [5.41, 5.74) is -0.205. The highest BCUT2D eigenvalue weighted by Crippen LogP contribution is 2.30. The van der Waals surface area contributed by atoms with E-state index in [4.69, 9.17) is 0 Å². The largest absolute Gasteiger partial charge is 0.465 e. The van der Waals surface area contributed by atoms with Crippen LogP contribution in [-0.4, -0.2) is 38.9 Å². The average molecular weight is 319 g/mol. The van der Waals surface area contributed by atoms with Crippen LogP contribution in [0.3, 0.4) is 0 Å². The van der Waals surface area contributed by atoms with Gasteiger partial charge in [0.1, 0.15) is 9.77 Å². The van der Waals surface area contributed by atoms with Crippen LogP contribution in [-0.2, 0) is 14.8 Å². The molecule has 0 aliphatic rings. The van der Waals surface area contributed by atoms with Crippen molar-refractivity contribution in [2.75, 3.05) is 14.2 Å². The van der Waals surface area contributed by atoms with E-state index in [2.05, 4.69) is 4.74 Å². The van der Waals surface area contributed by atoms with E-state index in [1.807, 2.05) is 27.7 Å². The molecule has 0 N–H and O–H groups in total. The molecular formula is C13H21NO4S2. The molecule has 0 amide bonds. The quantitative estimate of drug-likeness (QED) is 0.800. The molecule has 1 aromatic heterocycles. The minimum absolute atomic E-state index is 0.00736. The standard InChI is InChI=1S/C13H21NO4S2/c1-9(13(2,3)4)14(5)20(16,17)10-7-8-19-11(10)12(15)18-6/h7-9H,1-6H3. The number of ether oxygens (including phenoxy) is 1. The monoisotopic (exact) mass is 319 g/mol. The van der Waals surface area contributed by atoms with Crippen LogP contribution in [0.1, 0.15) is 37.4 Å². The van der Waals surface area contributed by atoms with Gasteiger partial charge in [-0.2, -0.15) is 4.31 Å². The summed E-state index contributed by atoms with van der Waals surface area (Å²) in [6.45, 7) is 7.76. The summed E-state index contributed by atoms with van der Waals surface area (Å²) in [6, 6.07) is 1.23. The topological polar surface area (TPSA) is 63.7 Å². The molecule has 1 rings (SSSR count). The van der Waals surface area contributed by atoms with E-state index in [1.54, 1.807) is 5.38 Å². The first-order valence-corrected chi connectivity index (χ1v) is 8.49. The van der Waals surface area contributed by atoms with Crippen molar-refractivity contribution in [3.63, 3.8) is 0 Å². The number of hydrogen-bond donors (Lipinski definition) is 0. The van der Waals surface area contributed by atoms with Crippen molar-refractivity contribution in [3.8, 4) is 0 Å². The van der Waals surface area contributed by atoms with Gasteiger partial charge in [-0.1, -0.05) is 20.8 Å². The van der Waals surface area contributed by atoms with E-state index < -0.39 is 16.0 Å². The molecule has 114 valence electrons. The normalized spacial score (nSPS) is 14.3. The Balaban J connectivity index is 3.25. The van der Waals surface area contributed by atoms with Crippen LogP contribution in [0.5, 0.6) is 0 Å². The maximum Gasteiger partial charge on any atom is 0.349 e. The van der Waals surface area contributed by atoms with E-state index in [0.717, 1.165) is 11.3 Å². The van der Waals surface area contributed by atoms with Gasteiger partial charge in [0, 0.05) is 13.1 Å². The Labute approximate surface area is 124 Å². The van der Waals surface area contributed by atoms with Gasteiger partial charge in [-0.25, -0.2) is 13.2 Å². The van der Waals surface area contributed by atoms with Crippen molar-refractivity contribution in [1.82, 2.24) is 4.31 Å². The fourth-order valence-electron chi connectivity index (χ4n) is 1.65. The molecule has 0 aromatic carbocycles. The van der Waals surface area contributed by atoms with E-state index in [9.17, 15) is 13.2 Å². The Hall–Kier alpha value is -0.920. The van der Waals surface area contributed by atoms with Crippen molar-refractivity contribution >= 4 is 27.3 Å². The highest BCUT2D eigenvalue weighted by Gasteiger charge is 2.35. The molecule has 0 fully saturated rings. The average Bonchev–Trinajstić information content (AvgIpc) is 2.84. The molecule has 7 heteroatoms. The van der Waals surface area contributed by atoms with Gasteiger partial charge in [0.25, 0.3) is 0 Å². The second kappa shape index (κ2) is 5.83. The molecule has 0 saturated heterocycles. The molecule has 0 spiro atoms. The molecule has 20 heavy (non-hydrogen) atoms. The zero-order valence-electron chi connectivity index (χ0n) is 12.6. The maximum absolute atomic E-state index is 12.6. The Kier molecular flexibility index (Phi) is 4.99. The highest BCUT2D eigenvalue weighted by atomic mass is 32.2. The minimum atomic E-state index is -3.72. The Morgan fingerprint density at radius 3 is 2.40 bits per heavy atom. The van der Waals surface area contributed by atoms with Crippen molar-refractivity contribution in [2.45, 2.75) is 38.6 Å². The van der Waals surface area contributed by atoms with Gasteiger partial charge < -0.3 is 4.74 Å². The van der Waals surface area contributed by atoms with Gasteiger partial charge in [-0.05, 0) is 23.8 Å². The van der Waals surface area contributed by atoms with Crippen LogP contribution in [0.4, 0.5) is 0 Å². The molecule has 0 aliphatic heterocycles. The number of methoxy groups -OCH3 is 1. The first-order chi connectivity index (χ1) is 9.03. The van der Waals surface area contributed by atoms with Crippen molar-refractivity contribution in [1.29, 1.82) is 0 Å². The lowest BCUT2D eigenvalue weighted by Crippen LogP contribution is -2.43. The van der Waals surface area contributed by atoms with Crippen LogP contribution in [0.2, 0.25) is 0 Å². The van der Waals surface area contributed by atoms with Crippen LogP contribution >= 0.6 is 11.3 Å². The lowest BCUT2D eigenvalue weighted by molar-refractivity contribution is 0.0602. The van der Waals surface area contributed by atoms with Crippen LogP contribution in [0.15, 0.2) is 16.3 Å². The summed E-state index contributed by atoms with van der Waals surface area (Å²) in [5.74, 6) is -0.629. The van der Waals surface area contributed by atoms with E-state index in [-0.39, 0.29) is 21.2 Å². The number of thiophene rings is 1. The summed E-state index contributed by atoms with van der Waals surface area (Å²) in [4.78, 5) is 11.8. The number of carbonyl (C=O) groups is 1. The molecule has 0 radical (unpaired) electrons. The number of rotatable bonds is 4. The fraction of sp³-hybridized carbons (Fsp3) is 0.615. The molecule has 1 unspecified atom stereocenters. The molecule has 5 nitrogen and oxygen atoms in total. The predicted octanol–water partition coefficient (Wildman–Crippen LogP) is 2.59.